The van der Waals surface area contributed by atoms with Crippen LogP contribution >= 0.6 is 11.6 Å². The van der Waals surface area contributed by atoms with E-state index in [-0.39, 0.29) is 46.6 Å². The Hall–Kier alpha value is -4.97. The Morgan fingerprint density at radius 2 is 1.80 bits per heavy atom. The van der Waals surface area contributed by atoms with Crippen LogP contribution in [-0.4, -0.2) is 63.1 Å². The maximum Gasteiger partial charge on any atom is 0.407 e. The summed E-state index contributed by atoms with van der Waals surface area (Å²) < 4.78 is 4.96. The number of amides is 3. The van der Waals surface area contributed by atoms with Gasteiger partial charge in [0.15, 0.2) is 0 Å². The van der Waals surface area contributed by atoms with Crippen LogP contribution in [0.2, 0.25) is 5.02 Å². The van der Waals surface area contributed by atoms with Crippen molar-refractivity contribution in [2.24, 2.45) is 0 Å². The molecule has 0 spiro atoms. The summed E-state index contributed by atoms with van der Waals surface area (Å²) in [6, 6.07) is 15.2. The van der Waals surface area contributed by atoms with Crippen LogP contribution in [0.3, 0.4) is 0 Å². The standard InChI is InChI=1S/C28H25ClN6O6/c1-41-26-30-15-17-13-19(25(38)32-22(17)33-26)24(37)31-21-14-16(7-8-20(21)29)23(36)34-28(18-5-3-2-4-6-18)9-11-35(12-10-28)27(39)40/h2-8,13-15H,9-12H2,1H3,(H,31,37)(H,34,36)(H,39,40)(H,30,32,33,38). The zero-order chi connectivity index (χ0) is 29.1. The van der Waals surface area contributed by atoms with Gasteiger partial charge in [0.1, 0.15) is 11.2 Å². The Bertz CT molecular complexity index is 1700. The number of carboxylic acid groups (broad SMARTS) is 1. The molecule has 13 heteroatoms. The van der Waals surface area contributed by atoms with E-state index in [2.05, 4.69) is 25.6 Å². The highest BCUT2D eigenvalue weighted by Gasteiger charge is 2.39. The fourth-order valence-corrected chi connectivity index (χ4v) is 4.97. The second-order valence-electron chi connectivity index (χ2n) is 9.49. The number of H-pyrrole nitrogens is 1. The molecule has 0 bridgehead atoms. The number of rotatable bonds is 6. The fourth-order valence-electron chi connectivity index (χ4n) is 4.81. The number of benzene rings is 2. The number of aromatic amines is 1. The lowest BCUT2D eigenvalue weighted by Gasteiger charge is -2.42. The molecule has 0 atom stereocenters. The molecule has 5 rings (SSSR count). The van der Waals surface area contributed by atoms with Gasteiger partial charge < -0.3 is 30.4 Å². The van der Waals surface area contributed by atoms with Gasteiger partial charge >= 0.3 is 12.1 Å². The Morgan fingerprint density at radius 3 is 2.49 bits per heavy atom. The van der Waals surface area contributed by atoms with Crippen molar-refractivity contribution in [3.05, 3.63) is 92.9 Å². The van der Waals surface area contributed by atoms with E-state index in [1.807, 2.05) is 30.3 Å². The second-order valence-corrected chi connectivity index (χ2v) is 9.90. The van der Waals surface area contributed by atoms with Gasteiger partial charge in [-0.3, -0.25) is 14.4 Å². The first kappa shape index (κ1) is 27.6. The number of nitrogens with zero attached hydrogens (tertiary/aromatic N) is 3. The van der Waals surface area contributed by atoms with E-state index in [1.54, 1.807) is 0 Å². The van der Waals surface area contributed by atoms with Gasteiger partial charge in [0.2, 0.25) is 0 Å². The summed E-state index contributed by atoms with van der Waals surface area (Å²) in [4.78, 5) is 62.6. The van der Waals surface area contributed by atoms with Crippen LogP contribution in [0.1, 0.15) is 39.1 Å². The maximum absolute atomic E-state index is 13.5. The van der Waals surface area contributed by atoms with E-state index in [1.165, 1.54) is 42.5 Å². The molecule has 1 aliphatic rings. The molecule has 0 radical (unpaired) electrons. The minimum atomic E-state index is -1.01. The van der Waals surface area contributed by atoms with Crippen LogP contribution < -0.4 is 20.9 Å². The van der Waals surface area contributed by atoms with Crippen LogP contribution in [-0.2, 0) is 5.54 Å². The van der Waals surface area contributed by atoms with Gasteiger partial charge in [0.05, 0.1) is 23.4 Å². The number of halogens is 1. The first-order valence-electron chi connectivity index (χ1n) is 12.6. The molecular weight excluding hydrogens is 552 g/mol. The highest BCUT2D eigenvalue weighted by molar-refractivity contribution is 6.34. The number of ether oxygens (including phenoxy) is 1. The van der Waals surface area contributed by atoms with Crippen molar-refractivity contribution in [3.8, 4) is 6.01 Å². The van der Waals surface area contributed by atoms with Gasteiger partial charge in [-0.1, -0.05) is 41.9 Å². The van der Waals surface area contributed by atoms with Crippen LogP contribution in [0.15, 0.2) is 65.6 Å². The summed E-state index contributed by atoms with van der Waals surface area (Å²) in [7, 11) is 1.39. The average molecular weight is 577 g/mol. The Morgan fingerprint density at radius 1 is 1.07 bits per heavy atom. The molecule has 4 N–H and O–H groups in total. The average Bonchev–Trinajstić information content (AvgIpc) is 2.98. The molecule has 1 saturated heterocycles. The second kappa shape index (κ2) is 11.3. The van der Waals surface area contributed by atoms with Crippen LogP contribution in [0.25, 0.3) is 11.0 Å². The van der Waals surface area contributed by atoms with Crippen molar-refractivity contribution >= 4 is 46.2 Å². The maximum atomic E-state index is 13.5. The number of aromatic nitrogens is 3. The number of pyridine rings is 1. The van der Waals surface area contributed by atoms with Crippen LogP contribution in [0.4, 0.5) is 10.5 Å². The lowest BCUT2D eigenvalue weighted by Crippen LogP contribution is -2.54. The molecule has 1 fully saturated rings. The summed E-state index contributed by atoms with van der Waals surface area (Å²) >= 11 is 6.33. The summed E-state index contributed by atoms with van der Waals surface area (Å²) in [6.45, 7) is 0.509. The van der Waals surface area contributed by atoms with Gasteiger partial charge in [-0.15, -0.1) is 0 Å². The van der Waals surface area contributed by atoms with Crippen molar-refractivity contribution in [2.45, 2.75) is 18.4 Å². The van der Waals surface area contributed by atoms with E-state index in [0.29, 0.717) is 18.2 Å². The summed E-state index contributed by atoms with van der Waals surface area (Å²) in [5, 5.41) is 15.7. The molecule has 4 aromatic rings. The molecule has 3 heterocycles. The van der Waals surface area contributed by atoms with E-state index in [4.69, 9.17) is 16.3 Å². The van der Waals surface area contributed by atoms with E-state index >= 15 is 0 Å². The minimum absolute atomic E-state index is 0.0636. The number of methoxy groups -OCH3 is 1. The zero-order valence-electron chi connectivity index (χ0n) is 21.8. The fraction of sp³-hybridized carbons (Fsp3) is 0.214. The SMILES string of the molecule is COc1ncc2cc(C(=O)Nc3cc(C(=O)NC4(c5ccccc5)CCN(C(=O)O)CC4)ccc3Cl)c(=O)[nH]c2n1. The quantitative estimate of drug-likeness (QED) is 0.270. The molecule has 210 valence electrons. The summed E-state index contributed by atoms with van der Waals surface area (Å²) in [6.07, 6.45) is 1.17. The topological polar surface area (TPSA) is 167 Å². The Labute approximate surface area is 238 Å². The third kappa shape index (κ3) is 5.68. The molecule has 1 aliphatic heterocycles. The number of nitrogens with one attached hydrogen (secondary N) is 3. The van der Waals surface area contributed by atoms with Crippen molar-refractivity contribution in [1.82, 2.24) is 25.2 Å². The van der Waals surface area contributed by atoms with Gasteiger partial charge in [-0.2, -0.15) is 4.98 Å². The molecule has 3 amide bonds. The number of likely N-dealkylation sites (tertiary alicyclic amines) is 1. The van der Waals surface area contributed by atoms with Crippen LogP contribution in [0, 0.1) is 0 Å². The van der Waals surface area contributed by atoms with Gasteiger partial charge in [-0.25, -0.2) is 9.78 Å². The zero-order valence-corrected chi connectivity index (χ0v) is 22.6. The lowest BCUT2D eigenvalue weighted by atomic mass is 9.80. The van der Waals surface area contributed by atoms with E-state index in [0.717, 1.165) is 5.56 Å². The Balaban J connectivity index is 1.39. The molecule has 0 saturated carbocycles. The van der Waals surface area contributed by atoms with Crippen molar-refractivity contribution in [1.29, 1.82) is 0 Å². The predicted molar refractivity (Wildman–Crippen MR) is 151 cm³/mol. The number of fused-ring (bicyclic) bond motifs is 1. The highest BCUT2D eigenvalue weighted by atomic mass is 35.5. The number of hydrogen-bond donors (Lipinski definition) is 4. The molecule has 2 aromatic heterocycles. The molecule has 41 heavy (non-hydrogen) atoms. The number of anilines is 1. The molecule has 12 nitrogen and oxygen atoms in total. The highest BCUT2D eigenvalue weighted by Crippen LogP contribution is 2.34. The normalized spacial score (nSPS) is 14.3. The van der Waals surface area contributed by atoms with Gasteiger partial charge in [0, 0.05) is 30.2 Å². The van der Waals surface area contributed by atoms with Crippen molar-refractivity contribution in [2.75, 3.05) is 25.5 Å². The third-order valence-corrected chi connectivity index (χ3v) is 7.37. The number of hydrogen-bond acceptors (Lipinski definition) is 7. The molecule has 0 unspecified atom stereocenters. The van der Waals surface area contributed by atoms with E-state index < -0.39 is 29.0 Å². The monoisotopic (exact) mass is 576 g/mol. The number of piperidine rings is 1. The first-order valence-corrected chi connectivity index (χ1v) is 13.0. The predicted octanol–water partition coefficient (Wildman–Crippen LogP) is 3.63. The van der Waals surface area contributed by atoms with Crippen LogP contribution in [0.5, 0.6) is 6.01 Å². The van der Waals surface area contributed by atoms with Crippen molar-refractivity contribution < 1.29 is 24.2 Å². The van der Waals surface area contributed by atoms with Gasteiger partial charge in [0.25, 0.3) is 17.4 Å². The summed E-state index contributed by atoms with van der Waals surface area (Å²) in [5.74, 6) is -1.18. The molecule has 2 aromatic carbocycles. The summed E-state index contributed by atoms with van der Waals surface area (Å²) in [5.41, 5.74) is -0.271. The first-order chi connectivity index (χ1) is 19.7. The molecule has 0 aliphatic carbocycles. The Kier molecular flexibility index (Phi) is 7.58. The van der Waals surface area contributed by atoms with Gasteiger partial charge in [-0.05, 0) is 42.7 Å². The lowest BCUT2D eigenvalue weighted by molar-refractivity contribution is 0.0790. The smallest absolute Gasteiger partial charge is 0.407 e. The van der Waals surface area contributed by atoms with E-state index in [9.17, 15) is 24.3 Å². The number of carbonyl (C=O) groups is 3. The largest absolute Gasteiger partial charge is 0.467 e. The number of carbonyl (C=O) groups excluding carboxylic acids is 2. The van der Waals surface area contributed by atoms with Crippen molar-refractivity contribution in [3.63, 3.8) is 0 Å². The minimum Gasteiger partial charge on any atom is -0.467 e. The molecular formula is C28H25ClN6O6. The third-order valence-electron chi connectivity index (χ3n) is 7.04.